The van der Waals surface area contributed by atoms with Crippen LogP contribution in [0.25, 0.3) is 0 Å². The molecule has 1 amide bonds. The first-order valence-electron chi connectivity index (χ1n) is 10.2. The molecule has 0 atom stereocenters. The molecule has 0 aliphatic heterocycles. The molecule has 0 radical (unpaired) electrons. The van der Waals surface area contributed by atoms with Gasteiger partial charge in [-0.1, -0.05) is 37.8 Å². The zero-order valence-corrected chi connectivity index (χ0v) is 17.2. The van der Waals surface area contributed by atoms with Crippen LogP contribution in [0.1, 0.15) is 75.1 Å². The van der Waals surface area contributed by atoms with Gasteiger partial charge in [-0.2, -0.15) is 0 Å². The van der Waals surface area contributed by atoms with Gasteiger partial charge in [0, 0.05) is 12.1 Å². The van der Waals surface area contributed by atoms with Crippen molar-refractivity contribution >= 4 is 23.2 Å². The van der Waals surface area contributed by atoms with Crippen LogP contribution < -0.4 is 15.4 Å². The molecule has 0 unspecified atom stereocenters. The maximum atomic E-state index is 12.3. The van der Waals surface area contributed by atoms with Crippen LogP contribution in [0.15, 0.2) is 35.9 Å². The highest BCUT2D eigenvalue weighted by atomic mass is 32.1. The number of hydrogen-bond donors (Lipinski definition) is 2. The van der Waals surface area contributed by atoms with Crippen LogP contribution in [-0.4, -0.2) is 24.2 Å². The third-order valence-corrected chi connectivity index (χ3v) is 4.97. The van der Waals surface area contributed by atoms with Crippen molar-refractivity contribution in [3.05, 3.63) is 41.5 Å². The predicted octanol–water partition coefficient (Wildman–Crippen LogP) is 5.14. The molecule has 0 saturated carbocycles. The Bertz CT molecular complexity index is 626. The van der Waals surface area contributed by atoms with Gasteiger partial charge in [-0.25, -0.2) is 0 Å². The lowest BCUT2D eigenvalue weighted by Gasteiger charge is -2.14. The van der Waals surface area contributed by atoms with Crippen molar-refractivity contribution in [1.29, 1.82) is 0 Å². The van der Waals surface area contributed by atoms with E-state index in [9.17, 15) is 4.79 Å². The zero-order chi connectivity index (χ0) is 19.3. The molecule has 0 heterocycles. The fraction of sp³-hybridized carbons (Fsp3) is 0.545. The molecule has 4 nitrogen and oxygen atoms in total. The zero-order valence-electron chi connectivity index (χ0n) is 16.4. The lowest BCUT2D eigenvalue weighted by Crippen LogP contribution is -2.39. The highest BCUT2D eigenvalue weighted by Gasteiger charge is 2.09. The molecule has 148 valence electrons. The molecule has 27 heavy (non-hydrogen) atoms. The van der Waals surface area contributed by atoms with Gasteiger partial charge in [0.15, 0.2) is 5.11 Å². The second kappa shape index (κ2) is 12.5. The van der Waals surface area contributed by atoms with Crippen molar-refractivity contribution in [2.24, 2.45) is 0 Å². The molecule has 0 bridgehead atoms. The van der Waals surface area contributed by atoms with E-state index in [0.717, 1.165) is 31.7 Å². The Morgan fingerprint density at radius 1 is 1.15 bits per heavy atom. The maximum Gasteiger partial charge on any atom is 0.257 e. The Morgan fingerprint density at radius 2 is 1.96 bits per heavy atom. The fourth-order valence-electron chi connectivity index (χ4n) is 3.11. The molecule has 5 heteroatoms. The summed E-state index contributed by atoms with van der Waals surface area (Å²) in [6, 6.07) is 7.21. The molecule has 0 aromatic heterocycles. The predicted molar refractivity (Wildman–Crippen MR) is 115 cm³/mol. The third kappa shape index (κ3) is 8.57. The highest BCUT2D eigenvalue weighted by molar-refractivity contribution is 7.80. The van der Waals surface area contributed by atoms with Crippen LogP contribution >= 0.6 is 12.2 Å². The van der Waals surface area contributed by atoms with Crippen LogP contribution in [0.5, 0.6) is 5.75 Å². The fourth-order valence-corrected chi connectivity index (χ4v) is 3.30. The normalized spacial score (nSPS) is 13.6. The number of amides is 1. The van der Waals surface area contributed by atoms with Crippen LogP contribution in [0.4, 0.5) is 0 Å². The van der Waals surface area contributed by atoms with Gasteiger partial charge in [0.05, 0.1) is 6.61 Å². The molecule has 2 N–H and O–H groups in total. The molecule has 2 rings (SSSR count). The summed E-state index contributed by atoms with van der Waals surface area (Å²) in [4.78, 5) is 12.3. The monoisotopic (exact) mass is 388 g/mol. The van der Waals surface area contributed by atoms with Crippen molar-refractivity contribution < 1.29 is 9.53 Å². The van der Waals surface area contributed by atoms with Gasteiger partial charge in [0.2, 0.25) is 0 Å². The van der Waals surface area contributed by atoms with Crippen LogP contribution in [-0.2, 0) is 0 Å². The van der Waals surface area contributed by atoms with Gasteiger partial charge in [-0.3, -0.25) is 10.1 Å². The van der Waals surface area contributed by atoms with Gasteiger partial charge in [-0.05, 0) is 75.0 Å². The maximum absolute atomic E-state index is 12.3. The van der Waals surface area contributed by atoms with Gasteiger partial charge in [0.1, 0.15) is 5.75 Å². The number of hydrogen-bond acceptors (Lipinski definition) is 3. The summed E-state index contributed by atoms with van der Waals surface area (Å²) in [5.41, 5.74) is 2.07. The first-order valence-corrected chi connectivity index (χ1v) is 10.6. The molecule has 0 spiro atoms. The van der Waals surface area contributed by atoms with Crippen molar-refractivity contribution in [3.8, 4) is 5.75 Å². The van der Waals surface area contributed by atoms with Crippen LogP contribution in [0, 0.1) is 0 Å². The average Bonchev–Trinajstić information content (AvgIpc) is 2.69. The Morgan fingerprint density at radius 3 is 2.67 bits per heavy atom. The SMILES string of the molecule is CCCCCCOc1ccc(C(=O)NC(=S)NCCC2=CCCCC2)cc1. The van der Waals surface area contributed by atoms with Gasteiger partial charge >= 0.3 is 0 Å². The molecule has 1 aromatic carbocycles. The first-order chi connectivity index (χ1) is 13.2. The van der Waals surface area contributed by atoms with Crippen molar-refractivity contribution in [1.82, 2.24) is 10.6 Å². The molecule has 1 aliphatic rings. The van der Waals surface area contributed by atoms with E-state index < -0.39 is 0 Å². The topological polar surface area (TPSA) is 50.4 Å². The minimum Gasteiger partial charge on any atom is -0.494 e. The second-order valence-electron chi connectivity index (χ2n) is 7.00. The van der Waals surface area contributed by atoms with Gasteiger partial charge < -0.3 is 10.1 Å². The van der Waals surface area contributed by atoms with E-state index in [2.05, 4.69) is 23.6 Å². The summed E-state index contributed by atoms with van der Waals surface area (Å²) >= 11 is 5.23. The quantitative estimate of drug-likeness (QED) is 0.331. The van der Waals surface area contributed by atoms with Crippen LogP contribution in [0.3, 0.4) is 0 Å². The van der Waals surface area contributed by atoms with Gasteiger partial charge in [0.25, 0.3) is 5.91 Å². The smallest absolute Gasteiger partial charge is 0.257 e. The number of rotatable bonds is 10. The number of unbranched alkanes of at least 4 members (excludes halogenated alkanes) is 3. The van der Waals surface area contributed by atoms with Crippen LogP contribution in [0.2, 0.25) is 0 Å². The number of allylic oxidation sites excluding steroid dienone is 1. The number of carbonyl (C=O) groups is 1. The minimum atomic E-state index is -0.195. The average molecular weight is 389 g/mol. The lowest BCUT2D eigenvalue weighted by molar-refractivity contribution is 0.0976. The van der Waals surface area contributed by atoms with E-state index in [1.807, 2.05) is 12.1 Å². The van der Waals surface area contributed by atoms with Crippen molar-refractivity contribution in [2.45, 2.75) is 64.7 Å². The second-order valence-corrected chi connectivity index (χ2v) is 7.41. The van der Waals surface area contributed by atoms with E-state index >= 15 is 0 Å². The van der Waals surface area contributed by atoms with E-state index in [-0.39, 0.29) is 5.91 Å². The lowest BCUT2D eigenvalue weighted by atomic mass is 9.97. The molecular formula is C22H32N2O2S. The number of nitrogens with one attached hydrogen (secondary N) is 2. The Hall–Kier alpha value is -1.88. The minimum absolute atomic E-state index is 0.195. The number of carbonyl (C=O) groups excluding carboxylic acids is 1. The summed E-state index contributed by atoms with van der Waals surface area (Å²) in [5, 5.41) is 6.24. The van der Waals surface area contributed by atoms with E-state index in [1.165, 1.54) is 50.5 Å². The van der Waals surface area contributed by atoms with Crippen molar-refractivity contribution in [2.75, 3.05) is 13.2 Å². The molecule has 0 fully saturated rings. The molecular weight excluding hydrogens is 356 g/mol. The molecule has 0 saturated heterocycles. The Kier molecular flexibility index (Phi) is 9.91. The molecule has 1 aliphatic carbocycles. The van der Waals surface area contributed by atoms with Gasteiger partial charge in [-0.15, -0.1) is 0 Å². The summed E-state index contributed by atoms with van der Waals surface area (Å²) in [5.74, 6) is 0.600. The third-order valence-electron chi connectivity index (χ3n) is 4.73. The van der Waals surface area contributed by atoms with E-state index in [0.29, 0.717) is 10.7 Å². The number of benzene rings is 1. The largest absolute Gasteiger partial charge is 0.494 e. The summed E-state index contributed by atoms with van der Waals surface area (Å²) in [6.45, 7) is 3.67. The number of thiocarbonyl (C=S) groups is 1. The Balaban J connectivity index is 1.66. The number of ether oxygens (including phenoxy) is 1. The molecule has 1 aromatic rings. The van der Waals surface area contributed by atoms with E-state index in [1.54, 1.807) is 12.1 Å². The summed E-state index contributed by atoms with van der Waals surface area (Å²) in [6.07, 6.45) is 13.0. The highest BCUT2D eigenvalue weighted by Crippen LogP contribution is 2.19. The van der Waals surface area contributed by atoms with Crippen molar-refractivity contribution in [3.63, 3.8) is 0 Å². The summed E-state index contributed by atoms with van der Waals surface area (Å²) in [7, 11) is 0. The standard InChI is InChI=1S/C22H32N2O2S/c1-2-3-4-8-17-26-20-13-11-19(12-14-20)21(25)24-22(27)23-16-15-18-9-6-5-7-10-18/h9,11-14H,2-8,10,15-17H2,1H3,(H2,23,24,25,27). The van der Waals surface area contributed by atoms with E-state index in [4.69, 9.17) is 17.0 Å². The first kappa shape index (κ1) is 21.4. The Labute approximate surface area is 168 Å². The summed E-state index contributed by atoms with van der Waals surface area (Å²) < 4.78 is 5.70.